The molecule has 1 aromatic carbocycles. The molecular formula is C23H27F2N5. The maximum Gasteiger partial charge on any atom is 0.153 e. The third-order valence-corrected chi connectivity index (χ3v) is 5.74. The molecule has 0 spiro atoms. The Balaban J connectivity index is 1.34. The van der Waals surface area contributed by atoms with Crippen LogP contribution in [0.3, 0.4) is 0 Å². The lowest BCUT2D eigenvalue weighted by molar-refractivity contribution is 0.174. The van der Waals surface area contributed by atoms with Gasteiger partial charge in [-0.15, -0.1) is 0 Å². The minimum absolute atomic E-state index is 0.109. The molecule has 1 fully saturated rings. The number of aromatic amines is 1. The average Bonchev–Trinajstić information content (AvgIpc) is 3.14. The number of halogens is 2. The highest BCUT2D eigenvalue weighted by Crippen LogP contribution is 2.25. The number of hydrogen-bond acceptors (Lipinski definition) is 4. The molecule has 0 saturated carbocycles. The van der Waals surface area contributed by atoms with E-state index in [2.05, 4.69) is 25.4 Å². The van der Waals surface area contributed by atoms with Crippen LogP contribution in [0.4, 0.5) is 20.4 Å². The molecule has 0 amide bonds. The molecule has 5 nitrogen and oxygen atoms in total. The summed E-state index contributed by atoms with van der Waals surface area (Å²) >= 11 is 0. The minimum Gasteiger partial charge on any atom is -0.323 e. The largest absolute Gasteiger partial charge is 0.323 e. The Labute approximate surface area is 175 Å². The normalized spacial score (nSPS) is 15.5. The molecule has 1 saturated heterocycles. The van der Waals surface area contributed by atoms with Crippen LogP contribution in [0.25, 0.3) is 0 Å². The number of aryl methyl sites for hydroxylation is 2. The third kappa shape index (κ3) is 4.84. The van der Waals surface area contributed by atoms with E-state index in [0.29, 0.717) is 41.8 Å². The fourth-order valence-corrected chi connectivity index (χ4v) is 4.00. The van der Waals surface area contributed by atoms with Crippen molar-refractivity contribution in [3.63, 3.8) is 0 Å². The molecule has 2 N–H and O–H groups in total. The van der Waals surface area contributed by atoms with Gasteiger partial charge in [0.25, 0.3) is 0 Å². The minimum atomic E-state index is -0.275. The van der Waals surface area contributed by atoms with E-state index in [1.165, 1.54) is 6.07 Å². The van der Waals surface area contributed by atoms with Crippen LogP contribution in [0.5, 0.6) is 0 Å². The van der Waals surface area contributed by atoms with Crippen molar-refractivity contribution in [1.29, 1.82) is 0 Å². The lowest BCUT2D eigenvalue weighted by Gasteiger charge is -2.32. The van der Waals surface area contributed by atoms with Gasteiger partial charge in [-0.2, -0.15) is 5.10 Å². The van der Waals surface area contributed by atoms with Crippen LogP contribution in [-0.2, 0) is 13.0 Å². The number of benzene rings is 1. The molecule has 4 rings (SSSR count). The van der Waals surface area contributed by atoms with Crippen LogP contribution in [0.2, 0.25) is 0 Å². The summed E-state index contributed by atoms with van der Waals surface area (Å²) in [6, 6.07) is 10.5. The summed E-state index contributed by atoms with van der Waals surface area (Å²) in [4.78, 5) is 6.75. The zero-order valence-corrected chi connectivity index (χ0v) is 17.4. The first-order chi connectivity index (χ1) is 14.5. The van der Waals surface area contributed by atoms with E-state index >= 15 is 0 Å². The van der Waals surface area contributed by atoms with Gasteiger partial charge in [0.1, 0.15) is 17.5 Å². The number of aromatic nitrogens is 3. The number of rotatable bonds is 6. The fraction of sp³-hybridized carbons (Fsp3) is 0.391. The summed E-state index contributed by atoms with van der Waals surface area (Å²) in [6.07, 6.45) is 2.50. The van der Waals surface area contributed by atoms with Crippen molar-refractivity contribution in [3.05, 3.63) is 70.5 Å². The molecule has 158 valence electrons. The summed E-state index contributed by atoms with van der Waals surface area (Å²) < 4.78 is 28.6. The number of anilines is 2. The van der Waals surface area contributed by atoms with E-state index in [4.69, 9.17) is 0 Å². The van der Waals surface area contributed by atoms with Crippen LogP contribution in [-0.4, -0.2) is 33.2 Å². The number of nitrogens with one attached hydrogen (secondary N) is 2. The Morgan fingerprint density at radius 2 is 1.90 bits per heavy atom. The molecule has 1 aliphatic heterocycles. The van der Waals surface area contributed by atoms with E-state index in [-0.39, 0.29) is 11.6 Å². The molecule has 3 aromatic rings. The first-order valence-corrected chi connectivity index (χ1v) is 10.4. The second kappa shape index (κ2) is 8.92. The van der Waals surface area contributed by atoms with E-state index in [9.17, 15) is 8.78 Å². The number of H-pyrrole nitrogens is 1. The van der Waals surface area contributed by atoms with Gasteiger partial charge in [-0.3, -0.25) is 10.00 Å². The maximum atomic E-state index is 14.3. The molecular weight excluding hydrogens is 384 g/mol. The monoisotopic (exact) mass is 411 g/mol. The standard InChI is InChI=1S/C23H27F2N5/c1-15-4-3-5-18(23(15)25)14-30-10-8-17(9-11-30)13-20-19(24)6-7-21(26-20)27-22-12-16(2)28-29-22/h3-7,12,17H,8-11,13-14H2,1-2H3,(H2,26,27,28,29). The predicted molar refractivity (Wildman–Crippen MR) is 114 cm³/mol. The Morgan fingerprint density at radius 3 is 2.63 bits per heavy atom. The molecule has 7 heteroatoms. The van der Waals surface area contributed by atoms with Crippen molar-refractivity contribution >= 4 is 11.6 Å². The lowest BCUT2D eigenvalue weighted by Crippen LogP contribution is -2.34. The second-order valence-corrected chi connectivity index (χ2v) is 8.16. The highest BCUT2D eigenvalue weighted by Gasteiger charge is 2.22. The molecule has 30 heavy (non-hydrogen) atoms. The molecule has 0 atom stereocenters. The van der Waals surface area contributed by atoms with Crippen molar-refractivity contribution < 1.29 is 8.78 Å². The molecule has 0 radical (unpaired) electrons. The SMILES string of the molecule is Cc1cc(Nc2ccc(F)c(CC3CCN(Cc4cccc(C)c4F)CC3)n2)n[nH]1. The molecule has 0 bridgehead atoms. The van der Waals surface area contributed by atoms with Crippen molar-refractivity contribution in [2.24, 2.45) is 5.92 Å². The Morgan fingerprint density at radius 1 is 1.10 bits per heavy atom. The van der Waals surface area contributed by atoms with Crippen molar-refractivity contribution in [3.8, 4) is 0 Å². The molecule has 1 aliphatic rings. The van der Waals surface area contributed by atoms with Gasteiger partial charge in [0.05, 0.1) is 5.69 Å². The first kappa shape index (κ1) is 20.5. The zero-order valence-electron chi connectivity index (χ0n) is 17.4. The summed E-state index contributed by atoms with van der Waals surface area (Å²) in [5.41, 5.74) is 2.85. The van der Waals surface area contributed by atoms with E-state index < -0.39 is 0 Å². The zero-order chi connectivity index (χ0) is 21.1. The smallest absolute Gasteiger partial charge is 0.153 e. The number of hydrogen-bond donors (Lipinski definition) is 2. The number of piperidine rings is 1. The average molecular weight is 412 g/mol. The maximum absolute atomic E-state index is 14.3. The van der Waals surface area contributed by atoms with Crippen molar-refractivity contribution in [2.75, 3.05) is 18.4 Å². The van der Waals surface area contributed by atoms with Gasteiger partial charge in [0, 0.05) is 23.9 Å². The molecule has 0 unspecified atom stereocenters. The van der Waals surface area contributed by atoms with Crippen molar-refractivity contribution in [1.82, 2.24) is 20.1 Å². The quantitative estimate of drug-likeness (QED) is 0.606. The van der Waals surface area contributed by atoms with Gasteiger partial charge in [0.2, 0.25) is 0 Å². The van der Waals surface area contributed by atoms with E-state index in [0.717, 1.165) is 37.2 Å². The summed E-state index contributed by atoms with van der Waals surface area (Å²) in [5, 5.41) is 10.1. The Kier molecular flexibility index (Phi) is 6.08. The molecule has 2 aromatic heterocycles. The molecule has 0 aliphatic carbocycles. The van der Waals surface area contributed by atoms with Crippen LogP contribution >= 0.6 is 0 Å². The van der Waals surface area contributed by atoms with Crippen molar-refractivity contribution in [2.45, 2.75) is 39.7 Å². The van der Waals surface area contributed by atoms with Crippen LogP contribution in [0, 0.1) is 31.4 Å². The predicted octanol–water partition coefficient (Wildman–Crippen LogP) is 4.90. The number of nitrogens with zero attached hydrogens (tertiary/aromatic N) is 3. The first-order valence-electron chi connectivity index (χ1n) is 10.4. The highest BCUT2D eigenvalue weighted by atomic mass is 19.1. The van der Waals surface area contributed by atoms with E-state index in [1.807, 2.05) is 25.1 Å². The van der Waals surface area contributed by atoms with Gasteiger partial charge in [-0.05, 0) is 69.8 Å². The fourth-order valence-electron chi connectivity index (χ4n) is 4.00. The van der Waals surface area contributed by atoms with Gasteiger partial charge < -0.3 is 5.32 Å². The summed E-state index contributed by atoms with van der Waals surface area (Å²) in [5.74, 6) is 1.23. The number of pyridine rings is 1. The van der Waals surface area contributed by atoms with Gasteiger partial charge >= 0.3 is 0 Å². The van der Waals surface area contributed by atoms with Gasteiger partial charge in [-0.1, -0.05) is 18.2 Å². The van der Waals surface area contributed by atoms with Gasteiger partial charge in [-0.25, -0.2) is 13.8 Å². The summed E-state index contributed by atoms with van der Waals surface area (Å²) in [7, 11) is 0. The Hall–Kier alpha value is -2.80. The van der Waals surface area contributed by atoms with Crippen LogP contribution < -0.4 is 5.32 Å². The topological polar surface area (TPSA) is 56.8 Å². The number of likely N-dealkylation sites (tertiary alicyclic amines) is 1. The van der Waals surface area contributed by atoms with Crippen LogP contribution in [0.15, 0.2) is 36.4 Å². The second-order valence-electron chi connectivity index (χ2n) is 8.16. The highest BCUT2D eigenvalue weighted by molar-refractivity contribution is 5.51. The molecule has 3 heterocycles. The lowest BCUT2D eigenvalue weighted by atomic mass is 9.91. The van der Waals surface area contributed by atoms with E-state index in [1.54, 1.807) is 19.1 Å². The van der Waals surface area contributed by atoms with Gasteiger partial charge in [0.15, 0.2) is 5.82 Å². The van der Waals surface area contributed by atoms with Crippen LogP contribution in [0.1, 0.15) is 35.4 Å². The third-order valence-electron chi connectivity index (χ3n) is 5.74. The Bertz CT molecular complexity index is 1010. The summed E-state index contributed by atoms with van der Waals surface area (Å²) in [6.45, 7) is 6.09.